The summed E-state index contributed by atoms with van der Waals surface area (Å²) in [5.41, 5.74) is 2.06. The van der Waals surface area contributed by atoms with E-state index in [4.69, 9.17) is 0 Å². The van der Waals surface area contributed by atoms with E-state index in [2.05, 4.69) is 34.3 Å². The van der Waals surface area contributed by atoms with Gasteiger partial charge in [0.15, 0.2) is 5.82 Å². The van der Waals surface area contributed by atoms with Crippen LogP contribution in [0.2, 0.25) is 0 Å². The lowest BCUT2D eigenvalue weighted by atomic mass is 10.1. The molecule has 2 rings (SSSR count). The number of aryl methyl sites for hydroxylation is 1. The molecule has 2 N–H and O–H groups in total. The average molecular weight is 341 g/mol. The van der Waals surface area contributed by atoms with Gasteiger partial charge in [0.2, 0.25) is 0 Å². The van der Waals surface area contributed by atoms with E-state index in [9.17, 15) is 4.79 Å². The van der Waals surface area contributed by atoms with E-state index in [1.807, 2.05) is 34.7 Å². The largest absolute Gasteiger partial charge is 0.339 e. The molecule has 88 valence electrons. The van der Waals surface area contributed by atoms with Crippen molar-refractivity contribution >= 4 is 34.1 Å². The molecule has 0 aliphatic carbocycles. The lowest BCUT2D eigenvalue weighted by Gasteiger charge is -2.07. The topological polar surface area (TPSA) is 57.8 Å². The fraction of sp³-hybridized carbons (Fsp3) is 0.167. The first-order chi connectivity index (χ1) is 8.20. The molecule has 0 saturated carbocycles. The summed E-state index contributed by atoms with van der Waals surface area (Å²) in [4.78, 5) is 18.1. The maximum Gasteiger partial charge on any atom is 0.266 e. The Hall–Kier alpha value is -1.37. The van der Waals surface area contributed by atoms with Crippen molar-refractivity contribution in [2.75, 3.05) is 5.32 Å². The second-order valence-electron chi connectivity index (χ2n) is 3.57. The van der Waals surface area contributed by atoms with Gasteiger partial charge < -0.3 is 10.3 Å². The number of rotatable bonds is 3. The molecule has 0 fully saturated rings. The number of nitrogens with zero attached hydrogens (tertiary/aromatic N) is 1. The summed E-state index contributed by atoms with van der Waals surface area (Å²) >= 11 is 1.98. The Morgan fingerprint density at radius 3 is 3.06 bits per heavy atom. The molecule has 0 spiro atoms. The smallest absolute Gasteiger partial charge is 0.266 e. The zero-order chi connectivity index (χ0) is 12.3. The van der Waals surface area contributed by atoms with E-state index in [1.165, 1.54) is 11.9 Å². The lowest BCUT2D eigenvalue weighted by Crippen LogP contribution is -2.12. The van der Waals surface area contributed by atoms with Crippen LogP contribution in [0.4, 0.5) is 11.5 Å². The van der Waals surface area contributed by atoms with Crippen LogP contribution in [0, 0.1) is 3.57 Å². The summed E-state index contributed by atoms with van der Waals surface area (Å²) in [7, 11) is 0. The Kier molecular flexibility index (Phi) is 3.78. The van der Waals surface area contributed by atoms with Crippen LogP contribution in [0.15, 0.2) is 35.4 Å². The van der Waals surface area contributed by atoms with Gasteiger partial charge >= 0.3 is 0 Å². The minimum Gasteiger partial charge on any atom is -0.339 e. The number of hydrogen-bond acceptors (Lipinski definition) is 3. The second kappa shape index (κ2) is 5.31. The number of aromatic nitrogens is 2. The van der Waals surface area contributed by atoms with Crippen LogP contribution in [0.3, 0.4) is 0 Å². The number of benzene rings is 1. The van der Waals surface area contributed by atoms with Gasteiger partial charge in [-0.2, -0.15) is 0 Å². The third-order valence-electron chi connectivity index (χ3n) is 2.39. The van der Waals surface area contributed by atoms with Crippen LogP contribution in [-0.2, 0) is 6.42 Å². The molecule has 0 saturated heterocycles. The van der Waals surface area contributed by atoms with Gasteiger partial charge in [0.1, 0.15) is 3.57 Å². The van der Waals surface area contributed by atoms with Gasteiger partial charge in [0, 0.05) is 5.69 Å². The predicted octanol–water partition coefficient (Wildman–Crippen LogP) is 2.68. The highest BCUT2D eigenvalue weighted by Crippen LogP contribution is 2.18. The number of hydrogen-bond donors (Lipinski definition) is 2. The molecule has 0 aliphatic heterocycles. The summed E-state index contributed by atoms with van der Waals surface area (Å²) in [6, 6.07) is 8.07. The Morgan fingerprint density at radius 1 is 1.47 bits per heavy atom. The maximum atomic E-state index is 11.4. The minimum absolute atomic E-state index is 0.130. The van der Waals surface area contributed by atoms with Gasteiger partial charge in [-0.1, -0.05) is 19.1 Å². The predicted molar refractivity (Wildman–Crippen MR) is 76.7 cm³/mol. The third kappa shape index (κ3) is 2.85. The highest BCUT2D eigenvalue weighted by atomic mass is 127. The molecule has 2 aromatic rings. The maximum absolute atomic E-state index is 11.4. The summed E-state index contributed by atoms with van der Waals surface area (Å²) in [5, 5.41) is 3.15. The summed E-state index contributed by atoms with van der Waals surface area (Å²) in [5.74, 6) is 0.586. The van der Waals surface area contributed by atoms with Crippen LogP contribution in [0.1, 0.15) is 12.5 Å². The van der Waals surface area contributed by atoms with Crippen LogP contribution in [-0.4, -0.2) is 9.97 Å². The molecule has 0 aliphatic rings. The van der Waals surface area contributed by atoms with Crippen molar-refractivity contribution in [3.8, 4) is 0 Å². The number of nitrogens with one attached hydrogen (secondary N) is 2. The number of H-pyrrole nitrogens is 1. The van der Waals surface area contributed by atoms with E-state index in [1.54, 1.807) is 0 Å². The molecule has 0 unspecified atom stereocenters. The van der Waals surface area contributed by atoms with Gasteiger partial charge in [-0.15, -0.1) is 0 Å². The number of aromatic amines is 1. The molecule has 5 heteroatoms. The molecule has 0 radical (unpaired) electrons. The first kappa shape index (κ1) is 12.1. The Labute approximate surface area is 113 Å². The normalized spacial score (nSPS) is 10.2. The molecule has 1 heterocycles. The van der Waals surface area contributed by atoms with Crippen molar-refractivity contribution in [2.45, 2.75) is 13.3 Å². The summed E-state index contributed by atoms with van der Waals surface area (Å²) in [6.45, 7) is 2.11. The van der Waals surface area contributed by atoms with Crippen LogP contribution in [0.25, 0.3) is 0 Å². The molecule has 17 heavy (non-hydrogen) atoms. The summed E-state index contributed by atoms with van der Waals surface area (Å²) in [6.07, 6.45) is 2.38. The van der Waals surface area contributed by atoms with Gasteiger partial charge in [-0.05, 0) is 46.7 Å². The standard InChI is InChI=1S/C12H12IN3O/c1-2-8-4-3-5-9(6-8)16-11-10(13)12(17)15-7-14-11/h3-7H,2H2,1H3,(H2,14,15,16,17). The zero-order valence-corrected chi connectivity index (χ0v) is 11.5. The van der Waals surface area contributed by atoms with Gasteiger partial charge in [-0.3, -0.25) is 4.79 Å². The molecular weight excluding hydrogens is 329 g/mol. The van der Waals surface area contributed by atoms with Crippen molar-refractivity contribution in [1.82, 2.24) is 9.97 Å². The fourth-order valence-electron chi connectivity index (χ4n) is 1.48. The Morgan fingerprint density at radius 2 is 2.29 bits per heavy atom. The van der Waals surface area contributed by atoms with Crippen molar-refractivity contribution in [2.24, 2.45) is 0 Å². The van der Waals surface area contributed by atoms with Crippen LogP contribution >= 0.6 is 22.6 Å². The average Bonchev–Trinajstić information content (AvgIpc) is 2.35. The van der Waals surface area contributed by atoms with Crippen molar-refractivity contribution in [3.63, 3.8) is 0 Å². The lowest BCUT2D eigenvalue weighted by molar-refractivity contribution is 1.10. The van der Waals surface area contributed by atoms with E-state index < -0.39 is 0 Å². The Bertz CT molecular complexity index is 580. The molecule has 1 aromatic heterocycles. The van der Waals surface area contributed by atoms with E-state index in [0.717, 1.165) is 12.1 Å². The van der Waals surface area contributed by atoms with E-state index >= 15 is 0 Å². The van der Waals surface area contributed by atoms with Crippen molar-refractivity contribution < 1.29 is 0 Å². The van der Waals surface area contributed by atoms with Crippen LogP contribution < -0.4 is 10.9 Å². The first-order valence-corrected chi connectivity index (χ1v) is 6.37. The second-order valence-corrected chi connectivity index (χ2v) is 4.65. The SMILES string of the molecule is CCc1cccc(Nc2nc[nH]c(=O)c2I)c1. The fourth-order valence-corrected chi connectivity index (χ4v) is 1.91. The van der Waals surface area contributed by atoms with Gasteiger partial charge in [0.25, 0.3) is 5.56 Å². The molecule has 0 atom stereocenters. The molecule has 4 nitrogen and oxygen atoms in total. The zero-order valence-electron chi connectivity index (χ0n) is 9.33. The molecule has 0 bridgehead atoms. The molecule has 1 aromatic carbocycles. The van der Waals surface area contributed by atoms with Crippen molar-refractivity contribution in [3.05, 3.63) is 50.1 Å². The van der Waals surface area contributed by atoms with Gasteiger partial charge in [-0.25, -0.2) is 4.98 Å². The number of anilines is 2. The minimum atomic E-state index is -0.130. The first-order valence-electron chi connectivity index (χ1n) is 5.30. The highest BCUT2D eigenvalue weighted by molar-refractivity contribution is 14.1. The van der Waals surface area contributed by atoms with Crippen LogP contribution in [0.5, 0.6) is 0 Å². The molecule has 0 amide bonds. The molecular formula is C12H12IN3O. The third-order valence-corrected chi connectivity index (χ3v) is 3.40. The van der Waals surface area contributed by atoms with Gasteiger partial charge in [0.05, 0.1) is 6.33 Å². The van der Waals surface area contributed by atoms with E-state index in [-0.39, 0.29) is 5.56 Å². The number of halogens is 1. The highest BCUT2D eigenvalue weighted by Gasteiger charge is 2.05. The Balaban J connectivity index is 2.31. The van der Waals surface area contributed by atoms with E-state index in [0.29, 0.717) is 9.39 Å². The van der Waals surface area contributed by atoms with Crippen molar-refractivity contribution in [1.29, 1.82) is 0 Å². The quantitative estimate of drug-likeness (QED) is 0.844. The summed E-state index contributed by atoms with van der Waals surface area (Å²) < 4.78 is 0.562. The monoisotopic (exact) mass is 341 g/mol.